The van der Waals surface area contributed by atoms with Gasteiger partial charge in [-0.25, -0.2) is 0 Å². The number of halogens is 1. The van der Waals surface area contributed by atoms with E-state index in [0.29, 0.717) is 0 Å². The van der Waals surface area contributed by atoms with E-state index < -0.39 is 0 Å². The third-order valence-corrected chi connectivity index (χ3v) is 3.03. The summed E-state index contributed by atoms with van der Waals surface area (Å²) < 4.78 is 6.08. The van der Waals surface area contributed by atoms with Gasteiger partial charge in [0.1, 0.15) is 0 Å². The second kappa shape index (κ2) is 8.09. The van der Waals surface area contributed by atoms with Crippen molar-refractivity contribution in [2.45, 2.75) is 12.8 Å². The van der Waals surface area contributed by atoms with Crippen LogP contribution in [0, 0.1) is 0 Å². The molecule has 3 rings (SSSR count). The standard InChI is InChI=1S/C10H7Br.C4H8O.Mg.2H/c11-10-6-5-8-3-1-2-4-9(8)7-10;1-2-4-5-3-1;;;/h1-7H;1-4H2;;;. The number of ether oxygens (including phenoxy) is 1. The lowest BCUT2D eigenvalue weighted by Crippen LogP contribution is -1.74. The molecule has 0 spiro atoms. The predicted molar refractivity (Wildman–Crippen MR) is 80.2 cm³/mol. The maximum atomic E-state index is 4.94. The van der Waals surface area contributed by atoms with E-state index in [1.165, 1.54) is 23.6 Å². The summed E-state index contributed by atoms with van der Waals surface area (Å²) in [5.74, 6) is 0. The number of benzene rings is 2. The molecule has 0 amide bonds. The van der Waals surface area contributed by atoms with Crippen LogP contribution in [0.2, 0.25) is 0 Å². The fraction of sp³-hybridized carbons (Fsp3) is 0.286. The summed E-state index contributed by atoms with van der Waals surface area (Å²) in [4.78, 5) is 0. The van der Waals surface area contributed by atoms with E-state index in [-0.39, 0.29) is 23.1 Å². The first kappa shape index (κ1) is 15.0. The van der Waals surface area contributed by atoms with Crippen molar-refractivity contribution in [3.8, 4) is 0 Å². The fourth-order valence-corrected chi connectivity index (χ4v) is 2.05. The molecule has 0 aliphatic carbocycles. The van der Waals surface area contributed by atoms with Crippen LogP contribution in [-0.2, 0) is 4.74 Å². The van der Waals surface area contributed by atoms with Gasteiger partial charge in [0.25, 0.3) is 0 Å². The Kier molecular flexibility index (Phi) is 7.12. The van der Waals surface area contributed by atoms with Crippen LogP contribution in [0.15, 0.2) is 46.9 Å². The molecule has 1 fully saturated rings. The molecule has 0 aromatic heterocycles. The zero-order valence-electron chi connectivity index (χ0n) is 9.16. The van der Waals surface area contributed by atoms with Gasteiger partial charge in [0.2, 0.25) is 0 Å². The van der Waals surface area contributed by atoms with Crippen LogP contribution >= 0.6 is 15.9 Å². The lowest BCUT2D eigenvalue weighted by Gasteiger charge is -1.95. The van der Waals surface area contributed by atoms with Crippen molar-refractivity contribution < 1.29 is 4.74 Å². The highest BCUT2D eigenvalue weighted by molar-refractivity contribution is 9.10. The SMILES string of the molecule is Brc1ccc2ccccc2c1.C1CCOC1.[MgH2]. The highest BCUT2D eigenvalue weighted by Gasteiger charge is 1.94. The highest BCUT2D eigenvalue weighted by atomic mass is 79.9. The largest absolute Gasteiger partial charge is 0.381 e. The maximum Gasteiger partial charge on any atom is 0.316 e. The van der Waals surface area contributed by atoms with Gasteiger partial charge in [0.05, 0.1) is 0 Å². The topological polar surface area (TPSA) is 9.23 Å². The van der Waals surface area contributed by atoms with Crippen molar-refractivity contribution in [3.05, 3.63) is 46.9 Å². The molecular formula is C14H17BrMgO. The smallest absolute Gasteiger partial charge is 0.316 e. The second-order valence-corrected chi connectivity index (χ2v) is 4.73. The Hall–Kier alpha value is -0.0938. The Morgan fingerprint density at radius 2 is 1.53 bits per heavy atom. The van der Waals surface area contributed by atoms with E-state index in [1.807, 2.05) is 0 Å². The van der Waals surface area contributed by atoms with Crippen molar-refractivity contribution in [2.24, 2.45) is 0 Å². The van der Waals surface area contributed by atoms with Gasteiger partial charge in [-0.2, -0.15) is 0 Å². The molecule has 0 unspecified atom stereocenters. The van der Waals surface area contributed by atoms with E-state index >= 15 is 0 Å². The monoisotopic (exact) mass is 304 g/mol. The van der Waals surface area contributed by atoms with Gasteiger partial charge in [-0.15, -0.1) is 0 Å². The lowest BCUT2D eigenvalue weighted by molar-refractivity contribution is 0.198. The molecule has 2 aromatic carbocycles. The molecule has 0 saturated carbocycles. The molecule has 0 atom stereocenters. The minimum absolute atomic E-state index is 0. The van der Waals surface area contributed by atoms with Gasteiger partial charge in [0, 0.05) is 17.7 Å². The Morgan fingerprint density at radius 1 is 0.882 bits per heavy atom. The summed E-state index contributed by atoms with van der Waals surface area (Å²) >= 11 is 3.43. The van der Waals surface area contributed by atoms with Crippen molar-refractivity contribution in [2.75, 3.05) is 13.2 Å². The first-order chi connectivity index (χ1) is 7.86. The zero-order valence-corrected chi connectivity index (χ0v) is 10.7. The zero-order chi connectivity index (χ0) is 11.2. The van der Waals surface area contributed by atoms with Crippen LogP contribution in [0.25, 0.3) is 10.8 Å². The number of hydrogen-bond donors (Lipinski definition) is 0. The maximum absolute atomic E-state index is 4.94. The quantitative estimate of drug-likeness (QED) is 0.677. The van der Waals surface area contributed by atoms with Crippen molar-refractivity contribution >= 4 is 49.8 Å². The molecule has 1 saturated heterocycles. The van der Waals surface area contributed by atoms with Gasteiger partial charge in [-0.1, -0.05) is 46.3 Å². The average molecular weight is 305 g/mol. The summed E-state index contributed by atoms with van der Waals surface area (Å²) in [5, 5.41) is 2.57. The van der Waals surface area contributed by atoms with E-state index in [9.17, 15) is 0 Å². The van der Waals surface area contributed by atoms with Crippen molar-refractivity contribution in [1.82, 2.24) is 0 Å². The molecular weight excluding hydrogens is 288 g/mol. The average Bonchev–Trinajstić information content (AvgIpc) is 2.87. The summed E-state index contributed by atoms with van der Waals surface area (Å²) in [6.07, 6.45) is 2.56. The van der Waals surface area contributed by atoms with E-state index in [1.54, 1.807) is 0 Å². The van der Waals surface area contributed by atoms with Crippen molar-refractivity contribution in [3.63, 3.8) is 0 Å². The lowest BCUT2D eigenvalue weighted by atomic mass is 10.1. The van der Waals surface area contributed by atoms with Crippen LogP contribution in [0.4, 0.5) is 0 Å². The molecule has 17 heavy (non-hydrogen) atoms. The Bertz CT molecular complexity index is 447. The predicted octanol–water partition coefficient (Wildman–Crippen LogP) is 3.48. The molecule has 1 heterocycles. The van der Waals surface area contributed by atoms with Crippen LogP contribution in [-0.4, -0.2) is 36.3 Å². The summed E-state index contributed by atoms with van der Waals surface area (Å²) in [7, 11) is 0. The summed E-state index contributed by atoms with van der Waals surface area (Å²) in [6.45, 7) is 2.00. The number of fused-ring (bicyclic) bond motifs is 1. The van der Waals surface area contributed by atoms with Gasteiger partial charge in [-0.3, -0.25) is 0 Å². The molecule has 1 aliphatic heterocycles. The van der Waals surface area contributed by atoms with Gasteiger partial charge >= 0.3 is 23.1 Å². The molecule has 0 N–H and O–H groups in total. The van der Waals surface area contributed by atoms with E-state index in [4.69, 9.17) is 4.74 Å². The van der Waals surface area contributed by atoms with E-state index in [2.05, 4.69) is 58.4 Å². The van der Waals surface area contributed by atoms with Crippen LogP contribution in [0.3, 0.4) is 0 Å². The Balaban J connectivity index is 0.000000205. The summed E-state index contributed by atoms with van der Waals surface area (Å²) in [5.41, 5.74) is 0. The minimum atomic E-state index is 0. The molecule has 3 heteroatoms. The highest BCUT2D eigenvalue weighted by Crippen LogP contribution is 2.18. The normalized spacial score (nSPS) is 13.7. The molecule has 0 bridgehead atoms. The Labute approximate surface area is 127 Å². The first-order valence-corrected chi connectivity index (χ1v) is 6.37. The van der Waals surface area contributed by atoms with Gasteiger partial charge in [-0.05, 0) is 35.7 Å². The van der Waals surface area contributed by atoms with E-state index in [0.717, 1.165) is 17.7 Å². The van der Waals surface area contributed by atoms with Gasteiger partial charge < -0.3 is 4.74 Å². The van der Waals surface area contributed by atoms with Gasteiger partial charge in [0.15, 0.2) is 0 Å². The second-order valence-electron chi connectivity index (χ2n) is 3.81. The Morgan fingerprint density at radius 3 is 2.12 bits per heavy atom. The molecule has 88 valence electrons. The third kappa shape index (κ3) is 4.96. The number of rotatable bonds is 0. The molecule has 2 aromatic rings. The first-order valence-electron chi connectivity index (χ1n) is 5.58. The minimum Gasteiger partial charge on any atom is -0.381 e. The number of hydrogen-bond acceptors (Lipinski definition) is 1. The third-order valence-electron chi connectivity index (χ3n) is 2.54. The molecule has 1 nitrogen and oxygen atoms in total. The van der Waals surface area contributed by atoms with Crippen LogP contribution in [0.1, 0.15) is 12.8 Å². The van der Waals surface area contributed by atoms with Crippen LogP contribution in [0.5, 0.6) is 0 Å². The summed E-state index contributed by atoms with van der Waals surface area (Å²) in [6, 6.07) is 14.6. The van der Waals surface area contributed by atoms with Crippen LogP contribution < -0.4 is 0 Å². The molecule has 0 radical (unpaired) electrons. The molecule has 1 aliphatic rings. The van der Waals surface area contributed by atoms with Crippen molar-refractivity contribution in [1.29, 1.82) is 0 Å². The fourth-order valence-electron chi connectivity index (χ4n) is 1.67.